The first-order valence-electron chi connectivity index (χ1n) is 11.8. The molecule has 0 spiro atoms. The number of rotatable bonds is 9. The predicted molar refractivity (Wildman–Crippen MR) is 137 cm³/mol. The largest absolute Gasteiger partial charge is 0.279 e. The first kappa shape index (κ1) is 25.8. The van der Waals surface area contributed by atoms with Crippen LogP contribution < -0.4 is 0 Å². The van der Waals surface area contributed by atoms with E-state index in [2.05, 4.69) is 0 Å². The summed E-state index contributed by atoms with van der Waals surface area (Å²) in [7, 11) is -3.98. The Hall–Kier alpha value is -3.33. The molecule has 2 amide bonds. The number of imide groups is 1. The SMILES string of the molecule is Cc1ccc(S(=O)(=O)N(CCCN2C(=O)c3ccccc3C2=O)OCc2c(C)cc(C)cc2C)cc1. The summed E-state index contributed by atoms with van der Waals surface area (Å²) in [5.41, 5.74) is 5.76. The Morgan fingerprint density at radius 1 is 0.806 bits per heavy atom. The molecule has 0 bridgehead atoms. The van der Waals surface area contributed by atoms with Gasteiger partial charge in [0.05, 0.1) is 22.6 Å². The molecule has 0 aliphatic carbocycles. The Bertz CT molecular complexity index is 1360. The second-order valence-electron chi connectivity index (χ2n) is 9.16. The van der Waals surface area contributed by atoms with Gasteiger partial charge in [-0.2, -0.15) is 0 Å². The quantitative estimate of drug-likeness (QED) is 0.310. The van der Waals surface area contributed by atoms with Crippen LogP contribution >= 0.6 is 0 Å². The van der Waals surface area contributed by atoms with Crippen molar-refractivity contribution in [2.24, 2.45) is 0 Å². The first-order valence-corrected chi connectivity index (χ1v) is 13.3. The van der Waals surface area contributed by atoms with E-state index >= 15 is 0 Å². The summed E-state index contributed by atoms with van der Waals surface area (Å²) < 4.78 is 27.9. The van der Waals surface area contributed by atoms with Gasteiger partial charge in [-0.3, -0.25) is 19.3 Å². The third kappa shape index (κ3) is 5.11. The molecule has 3 aromatic carbocycles. The summed E-state index contributed by atoms with van der Waals surface area (Å²) in [5, 5.41) is 0. The smallest absolute Gasteiger partial charge is 0.265 e. The Morgan fingerprint density at radius 2 is 1.36 bits per heavy atom. The van der Waals surface area contributed by atoms with Crippen molar-refractivity contribution in [1.82, 2.24) is 9.37 Å². The Kier molecular flexibility index (Phi) is 7.40. The fraction of sp³-hybridized carbons (Fsp3) is 0.286. The van der Waals surface area contributed by atoms with Gasteiger partial charge in [-0.05, 0) is 75.1 Å². The lowest BCUT2D eigenvalue weighted by Gasteiger charge is -2.24. The van der Waals surface area contributed by atoms with Gasteiger partial charge in [0, 0.05) is 13.1 Å². The minimum absolute atomic E-state index is 0.0203. The van der Waals surface area contributed by atoms with Gasteiger partial charge in [0.15, 0.2) is 0 Å². The van der Waals surface area contributed by atoms with Crippen LogP contribution in [0.15, 0.2) is 65.6 Å². The number of amides is 2. The highest BCUT2D eigenvalue weighted by atomic mass is 32.2. The number of nitrogens with zero attached hydrogens (tertiary/aromatic N) is 2. The van der Waals surface area contributed by atoms with E-state index in [1.807, 2.05) is 39.8 Å². The number of carbonyl (C=O) groups excluding carboxylic acids is 2. The second-order valence-corrected chi connectivity index (χ2v) is 11.0. The van der Waals surface area contributed by atoms with Crippen LogP contribution in [0.25, 0.3) is 0 Å². The predicted octanol–water partition coefficient (Wildman–Crippen LogP) is 4.73. The van der Waals surface area contributed by atoms with Crippen LogP contribution in [0.2, 0.25) is 0 Å². The van der Waals surface area contributed by atoms with Gasteiger partial charge < -0.3 is 0 Å². The van der Waals surface area contributed by atoms with Crippen molar-refractivity contribution in [3.05, 3.63) is 99.6 Å². The van der Waals surface area contributed by atoms with Gasteiger partial charge in [0.25, 0.3) is 21.8 Å². The zero-order valence-electron chi connectivity index (χ0n) is 20.9. The summed E-state index contributed by atoms with van der Waals surface area (Å²) in [6.07, 6.45) is 0.225. The van der Waals surface area contributed by atoms with Crippen LogP contribution in [-0.2, 0) is 21.5 Å². The van der Waals surface area contributed by atoms with E-state index in [9.17, 15) is 18.0 Å². The molecule has 4 rings (SSSR count). The lowest BCUT2D eigenvalue weighted by atomic mass is 10.0. The molecule has 1 aliphatic rings. The van der Waals surface area contributed by atoms with E-state index in [1.165, 1.54) is 0 Å². The molecule has 1 aliphatic heterocycles. The number of benzene rings is 3. The normalized spacial score (nSPS) is 13.5. The highest BCUT2D eigenvalue weighted by Gasteiger charge is 2.35. The molecule has 0 radical (unpaired) electrons. The average Bonchev–Trinajstić information content (AvgIpc) is 3.07. The number of fused-ring (bicyclic) bond motifs is 1. The Labute approximate surface area is 212 Å². The van der Waals surface area contributed by atoms with Crippen molar-refractivity contribution in [1.29, 1.82) is 0 Å². The fourth-order valence-electron chi connectivity index (χ4n) is 4.46. The molecule has 7 nitrogen and oxygen atoms in total. The van der Waals surface area contributed by atoms with Crippen LogP contribution in [0.1, 0.15) is 55.0 Å². The van der Waals surface area contributed by atoms with Crippen molar-refractivity contribution in [2.45, 2.75) is 45.6 Å². The topological polar surface area (TPSA) is 84.0 Å². The van der Waals surface area contributed by atoms with Gasteiger partial charge in [-0.25, -0.2) is 8.42 Å². The summed E-state index contributed by atoms with van der Waals surface area (Å²) in [6, 6.07) is 17.3. The third-order valence-electron chi connectivity index (χ3n) is 6.38. The third-order valence-corrected chi connectivity index (χ3v) is 8.07. The minimum Gasteiger partial charge on any atom is -0.279 e. The maximum Gasteiger partial charge on any atom is 0.265 e. The number of aryl methyl sites for hydroxylation is 4. The number of sulfonamides is 1. The average molecular weight is 507 g/mol. The maximum atomic E-state index is 13.5. The van der Waals surface area contributed by atoms with Crippen LogP contribution in [0.3, 0.4) is 0 Å². The highest BCUT2D eigenvalue weighted by Crippen LogP contribution is 2.24. The minimum atomic E-state index is -3.98. The van der Waals surface area contributed by atoms with Gasteiger partial charge in [0.2, 0.25) is 0 Å². The zero-order valence-corrected chi connectivity index (χ0v) is 21.8. The molecule has 0 saturated heterocycles. The fourth-order valence-corrected chi connectivity index (χ4v) is 5.73. The first-order chi connectivity index (χ1) is 17.1. The molecule has 0 fully saturated rings. The zero-order chi connectivity index (χ0) is 26.0. The molecule has 0 N–H and O–H groups in total. The summed E-state index contributed by atoms with van der Waals surface area (Å²) >= 11 is 0. The van der Waals surface area contributed by atoms with E-state index in [0.29, 0.717) is 11.1 Å². The monoisotopic (exact) mass is 506 g/mol. The van der Waals surface area contributed by atoms with Crippen molar-refractivity contribution in [2.75, 3.05) is 13.1 Å². The number of carbonyl (C=O) groups is 2. The van der Waals surface area contributed by atoms with E-state index in [-0.39, 0.29) is 42.8 Å². The summed E-state index contributed by atoms with van der Waals surface area (Å²) in [6.45, 7) is 7.98. The molecule has 36 heavy (non-hydrogen) atoms. The van der Waals surface area contributed by atoms with Crippen molar-refractivity contribution in [3.8, 4) is 0 Å². The molecule has 3 aromatic rings. The number of hydroxylamine groups is 1. The van der Waals surface area contributed by atoms with E-state index in [4.69, 9.17) is 4.84 Å². The molecule has 0 unspecified atom stereocenters. The van der Waals surface area contributed by atoms with Gasteiger partial charge in [-0.1, -0.05) is 52.0 Å². The van der Waals surface area contributed by atoms with Gasteiger partial charge in [-0.15, -0.1) is 0 Å². The molecular formula is C28H30N2O5S. The Balaban J connectivity index is 1.53. The second kappa shape index (κ2) is 10.3. The molecule has 0 aromatic heterocycles. The molecular weight excluding hydrogens is 476 g/mol. The Morgan fingerprint density at radius 3 is 1.92 bits per heavy atom. The van der Waals surface area contributed by atoms with Crippen LogP contribution in [-0.4, -0.2) is 42.7 Å². The summed E-state index contributed by atoms with van der Waals surface area (Å²) in [4.78, 5) is 32.6. The van der Waals surface area contributed by atoms with Crippen molar-refractivity contribution < 1.29 is 22.8 Å². The van der Waals surface area contributed by atoms with E-state index in [1.54, 1.807) is 48.5 Å². The molecule has 188 valence electrons. The molecule has 8 heteroatoms. The van der Waals surface area contributed by atoms with Crippen LogP contribution in [0.5, 0.6) is 0 Å². The summed E-state index contributed by atoms with van der Waals surface area (Å²) in [5.74, 6) is -0.731. The standard InChI is InChI=1S/C28H30N2O5S/c1-19-10-12-23(13-11-19)36(33,34)30(35-18-26-21(3)16-20(2)17-22(26)4)15-7-14-29-27(31)24-8-5-6-9-25(24)28(29)32/h5-6,8-13,16-17H,7,14-15,18H2,1-4H3. The van der Waals surface area contributed by atoms with E-state index in [0.717, 1.165) is 37.2 Å². The lowest BCUT2D eigenvalue weighted by molar-refractivity contribution is -0.0972. The molecule has 1 heterocycles. The van der Waals surface area contributed by atoms with E-state index < -0.39 is 10.0 Å². The van der Waals surface area contributed by atoms with Gasteiger partial charge >= 0.3 is 0 Å². The highest BCUT2D eigenvalue weighted by molar-refractivity contribution is 7.89. The molecule has 0 saturated carbocycles. The van der Waals surface area contributed by atoms with Crippen LogP contribution in [0.4, 0.5) is 0 Å². The van der Waals surface area contributed by atoms with Gasteiger partial charge in [0.1, 0.15) is 0 Å². The number of hydrogen-bond donors (Lipinski definition) is 0. The van der Waals surface area contributed by atoms with Crippen molar-refractivity contribution in [3.63, 3.8) is 0 Å². The maximum absolute atomic E-state index is 13.5. The number of hydrogen-bond acceptors (Lipinski definition) is 5. The lowest BCUT2D eigenvalue weighted by Crippen LogP contribution is -2.36. The molecule has 0 atom stereocenters. The van der Waals surface area contributed by atoms with Crippen molar-refractivity contribution >= 4 is 21.8 Å². The van der Waals surface area contributed by atoms with Crippen LogP contribution in [0, 0.1) is 27.7 Å².